The average Bonchev–Trinajstić information content (AvgIpc) is 2.70. The van der Waals surface area contributed by atoms with Crippen molar-refractivity contribution in [3.8, 4) is 0 Å². The van der Waals surface area contributed by atoms with Crippen LogP contribution in [0.15, 0.2) is 24.4 Å². The summed E-state index contributed by atoms with van der Waals surface area (Å²) in [6, 6.07) is 4.61. The Hall–Kier alpha value is -2.37. The molecule has 0 saturated carbocycles. The van der Waals surface area contributed by atoms with Crippen molar-refractivity contribution in [1.29, 1.82) is 0 Å². The maximum absolute atomic E-state index is 11.3. The van der Waals surface area contributed by atoms with Gasteiger partial charge in [0.05, 0.1) is 24.4 Å². The largest absolute Gasteiger partial charge is 0.465 e. The summed E-state index contributed by atoms with van der Waals surface area (Å²) in [5.41, 5.74) is 0.647. The van der Waals surface area contributed by atoms with E-state index in [4.69, 9.17) is 5.11 Å². The number of methoxy groups -OCH3 is 1. The van der Waals surface area contributed by atoms with Gasteiger partial charge in [-0.1, -0.05) is 6.07 Å². The highest BCUT2D eigenvalue weighted by Gasteiger charge is 2.12. The van der Waals surface area contributed by atoms with E-state index in [1.807, 2.05) is 0 Å². The summed E-state index contributed by atoms with van der Waals surface area (Å²) >= 11 is 0. The lowest BCUT2D eigenvalue weighted by atomic mass is 10.2. The predicted octanol–water partition coefficient (Wildman–Crippen LogP) is 1.35. The van der Waals surface area contributed by atoms with Crippen LogP contribution in [0.3, 0.4) is 0 Å². The Morgan fingerprint density at radius 2 is 2.19 bits per heavy atom. The van der Waals surface area contributed by atoms with Crippen LogP contribution in [0.2, 0.25) is 0 Å². The molecule has 1 aromatic carbocycles. The summed E-state index contributed by atoms with van der Waals surface area (Å²) < 4.78 is 5.35. The van der Waals surface area contributed by atoms with Crippen molar-refractivity contribution in [2.75, 3.05) is 7.11 Å². The number of carbonyl (C=O) groups is 2. The van der Waals surface area contributed by atoms with Gasteiger partial charge in [-0.05, 0) is 12.1 Å². The predicted molar refractivity (Wildman–Crippen MR) is 54.5 cm³/mol. The monoisotopic (exact) mass is 220 g/mol. The minimum atomic E-state index is -1.20. The molecule has 0 unspecified atom stereocenters. The molecule has 0 amide bonds. The first-order chi connectivity index (χ1) is 7.63. The normalized spacial score (nSPS) is 10.3. The fourth-order valence-corrected chi connectivity index (χ4v) is 1.42. The minimum Gasteiger partial charge on any atom is -0.465 e. The van der Waals surface area contributed by atoms with Crippen LogP contribution < -0.4 is 0 Å². The first-order valence-electron chi connectivity index (χ1n) is 4.43. The molecule has 0 atom stereocenters. The summed E-state index contributed by atoms with van der Waals surface area (Å²) in [7, 11) is 1.26. The van der Waals surface area contributed by atoms with Crippen LogP contribution >= 0.6 is 0 Å². The molecule has 1 aromatic heterocycles. The number of hydrogen-bond acceptors (Lipinski definition) is 4. The smallest absolute Gasteiger partial charge is 0.432 e. The van der Waals surface area contributed by atoms with Crippen LogP contribution in [0.4, 0.5) is 4.79 Å². The molecule has 2 rings (SSSR count). The number of carboxylic acid groups (broad SMARTS) is 1. The van der Waals surface area contributed by atoms with Crippen LogP contribution in [-0.2, 0) is 4.74 Å². The molecule has 0 aliphatic heterocycles. The molecule has 1 heterocycles. The number of esters is 1. The fraction of sp³-hybridized carbons (Fsp3) is 0.100. The molecule has 82 valence electrons. The second-order valence-corrected chi connectivity index (χ2v) is 3.10. The number of nitrogens with zero attached hydrogens (tertiary/aromatic N) is 2. The van der Waals surface area contributed by atoms with Gasteiger partial charge >= 0.3 is 12.1 Å². The second kappa shape index (κ2) is 3.65. The highest BCUT2D eigenvalue weighted by Crippen LogP contribution is 2.16. The Labute approximate surface area is 90.0 Å². The molecule has 0 spiro atoms. The first-order valence-corrected chi connectivity index (χ1v) is 4.43. The van der Waals surface area contributed by atoms with Crippen LogP contribution in [0.5, 0.6) is 0 Å². The molecule has 0 saturated heterocycles. The fourth-order valence-electron chi connectivity index (χ4n) is 1.42. The molecule has 0 aliphatic carbocycles. The quantitative estimate of drug-likeness (QED) is 0.733. The van der Waals surface area contributed by atoms with Crippen LogP contribution in [0.1, 0.15) is 10.4 Å². The van der Waals surface area contributed by atoms with E-state index in [0.29, 0.717) is 10.9 Å². The molecule has 0 bridgehead atoms. The number of benzene rings is 1. The van der Waals surface area contributed by atoms with Gasteiger partial charge in [-0.25, -0.2) is 9.59 Å². The third kappa shape index (κ3) is 1.50. The number of carbonyl (C=O) groups excluding carboxylic acids is 1. The van der Waals surface area contributed by atoms with E-state index in [1.165, 1.54) is 19.4 Å². The first kappa shape index (κ1) is 10.2. The molecule has 2 aromatic rings. The van der Waals surface area contributed by atoms with E-state index >= 15 is 0 Å². The van der Waals surface area contributed by atoms with E-state index in [2.05, 4.69) is 9.84 Å². The van der Waals surface area contributed by atoms with Gasteiger partial charge in [-0.15, -0.1) is 0 Å². The van der Waals surface area contributed by atoms with Crippen LogP contribution in [0.25, 0.3) is 10.9 Å². The van der Waals surface area contributed by atoms with E-state index in [0.717, 1.165) is 4.68 Å². The maximum atomic E-state index is 11.3. The maximum Gasteiger partial charge on any atom is 0.432 e. The molecule has 0 aliphatic rings. The Morgan fingerprint density at radius 3 is 2.81 bits per heavy atom. The van der Waals surface area contributed by atoms with Crippen molar-refractivity contribution >= 4 is 23.0 Å². The number of ether oxygens (including phenoxy) is 1. The molecule has 6 nitrogen and oxygen atoms in total. The number of rotatable bonds is 1. The van der Waals surface area contributed by atoms with Crippen molar-refractivity contribution < 1.29 is 19.4 Å². The van der Waals surface area contributed by atoms with Crippen molar-refractivity contribution in [2.24, 2.45) is 0 Å². The van der Waals surface area contributed by atoms with Crippen molar-refractivity contribution in [3.05, 3.63) is 30.0 Å². The van der Waals surface area contributed by atoms with Crippen LogP contribution in [-0.4, -0.2) is 34.1 Å². The van der Waals surface area contributed by atoms with Gasteiger partial charge in [0.15, 0.2) is 0 Å². The van der Waals surface area contributed by atoms with E-state index < -0.39 is 12.1 Å². The van der Waals surface area contributed by atoms with Gasteiger partial charge in [-0.2, -0.15) is 9.78 Å². The van der Waals surface area contributed by atoms with Gasteiger partial charge in [0, 0.05) is 5.39 Å². The van der Waals surface area contributed by atoms with Crippen LogP contribution in [0, 0.1) is 0 Å². The summed E-state index contributed by atoms with van der Waals surface area (Å²) in [5.74, 6) is -0.514. The zero-order valence-electron chi connectivity index (χ0n) is 8.38. The lowest BCUT2D eigenvalue weighted by molar-refractivity contribution is 0.0601. The minimum absolute atomic E-state index is 0.290. The summed E-state index contributed by atoms with van der Waals surface area (Å²) in [6.07, 6.45) is 0.224. The number of aromatic nitrogens is 2. The molecule has 6 heteroatoms. The van der Waals surface area contributed by atoms with Gasteiger partial charge in [-0.3, -0.25) is 0 Å². The van der Waals surface area contributed by atoms with Gasteiger partial charge < -0.3 is 9.84 Å². The third-order valence-corrected chi connectivity index (χ3v) is 2.17. The highest BCUT2D eigenvalue weighted by molar-refractivity contribution is 5.96. The summed E-state index contributed by atoms with van der Waals surface area (Å²) in [4.78, 5) is 22.1. The highest BCUT2D eigenvalue weighted by atomic mass is 16.5. The Morgan fingerprint density at radius 1 is 1.44 bits per heavy atom. The zero-order chi connectivity index (χ0) is 11.7. The molecule has 16 heavy (non-hydrogen) atoms. The van der Waals surface area contributed by atoms with Crippen molar-refractivity contribution in [1.82, 2.24) is 9.78 Å². The third-order valence-electron chi connectivity index (χ3n) is 2.17. The zero-order valence-corrected chi connectivity index (χ0v) is 8.38. The standard InChI is InChI=1S/C10H8N2O4/c1-16-9(13)6-2-3-7-5-11-12(10(14)15)8(7)4-6/h2-5H,1H3,(H,14,15). The summed E-state index contributed by atoms with van der Waals surface area (Å²) in [5, 5.41) is 13.2. The second-order valence-electron chi connectivity index (χ2n) is 3.10. The SMILES string of the molecule is COC(=O)c1ccc2cnn(C(=O)O)c2c1. The number of hydrogen-bond donors (Lipinski definition) is 1. The molecular weight excluding hydrogens is 212 g/mol. The summed E-state index contributed by atoms with van der Waals surface area (Å²) in [6.45, 7) is 0. The Kier molecular flexibility index (Phi) is 2.32. The average molecular weight is 220 g/mol. The van der Waals surface area contributed by atoms with E-state index in [9.17, 15) is 9.59 Å². The molecule has 0 fully saturated rings. The van der Waals surface area contributed by atoms with Crippen molar-refractivity contribution in [3.63, 3.8) is 0 Å². The molecular formula is C10H8N2O4. The van der Waals surface area contributed by atoms with E-state index in [1.54, 1.807) is 12.1 Å². The van der Waals surface area contributed by atoms with Crippen molar-refractivity contribution in [2.45, 2.75) is 0 Å². The van der Waals surface area contributed by atoms with Gasteiger partial charge in [0.25, 0.3) is 0 Å². The topological polar surface area (TPSA) is 81.4 Å². The Bertz CT molecular complexity index is 573. The molecule has 0 radical (unpaired) electrons. The molecule has 1 N–H and O–H groups in total. The number of fused-ring (bicyclic) bond motifs is 1. The Balaban J connectivity index is 2.63. The van der Waals surface area contributed by atoms with Gasteiger partial charge in [0.2, 0.25) is 0 Å². The van der Waals surface area contributed by atoms with E-state index in [-0.39, 0.29) is 5.56 Å². The lowest BCUT2D eigenvalue weighted by Crippen LogP contribution is -2.09. The lowest BCUT2D eigenvalue weighted by Gasteiger charge is -2.00. The van der Waals surface area contributed by atoms with Gasteiger partial charge in [0.1, 0.15) is 0 Å².